The highest BCUT2D eigenvalue weighted by Crippen LogP contribution is 2.28. The van der Waals surface area contributed by atoms with E-state index in [9.17, 15) is 9.59 Å². The van der Waals surface area contributed by atoms with E-state index in [0.29, 0.717) is 16.8 Å². The van der Waals surface area contributed by atoms with Crippen molar-refractivity contribution in [1.29, 1.82) is 0 Å². The quantitative estimate of drug-likeness (QED) is 0.281. The molecule has 2 aromatic rings. The summed E-state index contributed by atoms with van der Waals surface area (Å²) in [7, 11) is 0. The molecule has 2 aromatic carbocycles. The van der Waals surface area contributed by atoms with Crippen LogP contribution in [0.5, 0.6) is 0 Å². The second kappa shape index (κ2) is 11.4. The van der Waals surface area contributed by atoms with Gasteiger partial charge in [0.2, 0.25) is 0 Å². The van der Waals surface area contributed by atoms with Crippen molar-refractivity contribution in [3.05, 3.63) is 65.2 Å². The first-order chi connectivity index (χ1) is 11.6. The number of nitrogen functional groups attached to an aromatic ring is 1. The lowest BCUT2D eigenvalue weighted by Crippen LogP contribution is -2.10. The number of benzene rings is 2. The number of carbonyl (C=O) groups is 2. The van der Waals surface area contributed by atoms with Gasteiger partial charge < -0.3 is 5.73 Å². The molecule has 0 aliphatic heterocycles. The Morgan fingerprint density at radius 3 is 1.88 bits per heavy atom. The first kappa shape index (κ1) is 23.7. The molecule has 0 bridgehead atoms. The number of hydrogen-bond donors (Lipinski definition) is 1. The van der Waals surface area contributed by atoms with E-state index in [1.165, 1.54) is 0 Å². The smallest absolute Gasteiger partial charge is 0.273 e. The number of carbonyl (C=O) groups excluding carboxylic acids is 2. The molecule has 0 radical (unpaired) electrons. The number of hydrogen-bond acceptors (Lipinski definition) is 3. The maximum atomic E-state index is 12.1. The third-order valence-electron chi connectivity index (χ3n) is 2.71. The third kappa shape index (κ3) is 8.59. The van der Waals surface area contributed by atoms with Gasteiger partial charge in [-0.3, -0.25) is 9.59 Å². The lowest BCUT2D eigenvalue weighted by atomic mass is 10.0. The summed E-state index contributed by atoms with van der Waals surface area (Å²) in [6.07, 6.45) is 0. The van der Waals surface area contributed by atoms with E-state index in [-0.39, 0.29) is 5.78 Å². The fourth-order valence-electron chi connectivity index (χ4n) is 1.61. The molecule has 0 aliphatic carbocycles. The zero-order chi connectivity index (χ0) is 19.6. The number of alkyl halides is 3. The number of halogens is 4. The summed E-state index contributed by atoms with van der Waals surface area (Å²) in [5, 5.41) is -0.988. The number of anilines is 1. The molecule has 0 fully saturated rings. The van der Waals surface area contributed by atoms with Crippen LogP contribution in [-0.4, -0.2) is 14.8 Å². The Bertz CT molecular complexity index is 698. The number of rotatable bonds is 2. The van der Waals surface area contributed by atoms with Gasteiger partial charge in [-0.05, 0) is 30.7 Å². The van der Waals surface area contributed by atoms with E-state index >= 15 is 0 Å². The Hall–Kier alpha value is -1.26. The van der Waals surface area contributed by atoms with Gasteiger partial charge in [0.15, 0.2) is 5.78 Å². The maximum absolute atomic E-state index is 12.1. The maximum Gasteiger partial charge on any atom is 0.273 e. The number of nitrogens with two attached hydrogens (primary N) is 1. The van der Waals surface area contributed by atoms with E-state index < -0.39 is 9.03 Å². The monoisotopic (exact) mass is 421 g/mol. The van der Waals surface area contributed by atoms with Gasteiger partial charge in [-0.2, -0.15) is 0 Å². The van der Waals surface area contributed by atoms with Crippen LogP contribution >= 0.6 is 46.4 Å². The highest BCUT2D eigenvalue weighted by molar-refractivity contribution is 6.88. The Labute approximate surface area is 168 Å². The van der Waals surface area contributed by atoms with Gasteiger partial charge in [0.05, 0.1) is 0 Å². The van der Waals surface area contributed by atoms with Crippen molar-refractivity contribution in [1.82, 2.24) is 0 Å². The first-order valence-electron chi connectivity index (χ1n) is 7.35. The molecule has 2 rings (SSSR count). The van der Waals surface area contributed by atoms with Crippen LogP contribution in [-0.2, 0) is 4.79 Å². The summed E-state index contributed by atoms with van der Waals surface area (Å²) >= 11 is 19.5. The predicted molar refractivity (Wildman–Crippen MR) is 108 cm³/mol. The van der Waals surface area contributed by atoms with Crippen molar-refractivity contribution >= 4 is 63.1 Å². The van der Waals surface area contributed by atoms with E-state index in [1.807, 2.05) is 51.1 Å². The number of ketones is 1. The Kier molecular flexibility index (Phi) is 10.8. The van der Waals surface area contributed by atoms with Crippen molar-refractivity contribution in [2.24, 2.45) is 0 Å². The van der Waals surface area contributed by atoms with Crippen LogP contribution in [0.1, 0.15) is 35.3 Å². The Morgan fingerprint density at radius 2 is 1.44 bits per heavy atom. The molecule has 0 aliphatic rings. The minimum atomic E-state index is -1.96. The zero-order valence-electron chi connectivity index (χ0n) is 14.0. The van der Waals surface area contributed by atoms with Crippen LogP contribution in [0.4, 0.5) is 5.69 Å². The van der Waals surface area contributed by atoms with Crippen molar-refractivity contribution in [2.45, 2.75) is 24.6 Å². The lowest BCUT2D eigenvalue weighted by Gasteiger charge is -2.05. The minimum Gasteiger partial charge on any atom is -0.398 e. The van der Waals surface area contributed by atoms with Gasteiger partial charge in [-0.15, -0.1) is 0 Å². The van der Waals surface area contributed by atoms with Crippen LogP contribution in [0.25, 0.3) is 0 Å². The lowest BCUT2D eigenvalue weighted by molar-refractivity contribution is -0.110. The molecule has 0 aromatic heterocycles. The molecule has 0 heterocycles. The van der Waals surface area contributed by atoms with Crippen LogP contribution in [0, 0.1) is 6.92 Å². The standard InChI is InChI=1S/C14H13NO.C2Cl4O.C2H6/c1-10-7-8-13(15)12(9-10)14(16)11-5-3-2-4-6-11;3-1(7)2(4,5)6;1-2/h2-9H,15H2,1H3;;1-2H3. The fourth-order valence-corrected chi connectivity index (χ4v) is 1.61. The molecule has 0 amide bonds. The van der Waals surface area contributed by atoms with E-state index in [0.717, 1.165) is 5.56 Å². The van der Waals surface area contributed by atoms with Crippen LogP contribution < -0.4 is 5.73 Å². The molecule has 0 spiro atoms. The molecule has 0 saturated carbocycles. The Morgan fingerprint density at radius 1 is 0.960 bits per heavy atom. The molecule has 0 atom stereocenters. The van der Waals surface area contributed by atoms with E-state index in [4.69, 9.17) is 52.1 Å². The molecule has 3 nitrogen and oxygen atoms in total. The van der Waals surface area contributed by atoms with Crippen molar-refractivity contribution < 1.29 is 9.59 Å². The SMILES string of the molecule is CC.Cc1ccc(N)c(C(=O)c2ccccc2)c1.O=C(Cl)C(Cl)(Cl)Cl. The van der Waals surface area contributed by atoms with Gasteiger partial charge in [0, 0.05) is 16.8 Å². The van der Waals surface area contributed by atoms with Gasteiger partial charge in [-0.1, -0.05) is 90.6 Å². The third-order valence-corrected chi connectivity index (χ3v) is 3.80. The average Bonchev–Trinajstić information content (AvgIpc) is 2.59. The number of aryl methyl sites for hydroxylation is 1. The van der Waals surface area contributed by atoms with Crippen molar-refractivity contribution in [2.75, 3.05) is 5.73 Å². The van der Waals surface area contributed by atoms with Crippen LogP contribution in [0.15, 0.2) is 48.5 Å². The molecule has 136 valence electrons. The van der Waals surface area contributed by atoms with Gasteiger partial charge >= 0.3 is 0 Å². The molecular formula is C18H19Cl4NO2. The van der Waals surface area contributed by atoms with Crippen LogP contribution in [0.2, 0.25) is 0 Å². The normalized spacial score (nSPS) is 9.88. The summed E-state index contributed by atoms with van der Waals surface area (Å²) < 4.78 is -1.96. The molecule has 0 unspecified atom stereocenters. The first-order valence-corrected chi connectivity index (χ1v) is 8.86. The van der Waals surface area contributed by atoms with E-state index in [2.05, 4.69) is 0 Å². The van der Waals surface area contributed by atoms with E-state index in [1.54, 1.807) is 18.2 Å². The summed E-state index contributed by atoms with van der Waals surface area (Å²) in [6.45, 7) is 5.95. The van der Waals surface area contributed by atoms with Crippen molar-refractivity contribution in [3.8, 4) is 0 Å². The highest BCUT2D eigenvalue weighted by atomic mass is 35.6. The summed E-state index contributed by atoms with van der Waals surface area (Å²) in [4.78, 5) is 22.0. The molecule has 0 saturated heterocycles. The topological polar surface area (TPSA) is 60.2 Å². The predicted octanol–water partition coefficient (Wildman–Crippen LogP) is 5.96. The van der Waals surface area contributed by atoms with Gasteiger partial charge in [0.1, 0.15) is 0 Å². The van der Waals surface area contributed by atoms with Gasteiger partial charge in [0.25, 0.3) is 9.03 Å². The second-order valence-electron chi connectivity index (χ2n) is 4.56. The minimum absolute atomic E-state index is 0.0261. The molecular weight excluding hydrogens is 404 g/mol. The fraction of sp³-hybridized carbons (Fsp3) is 0.222. The summed E-state index contributed by atoms with van der Waals surface area (Å²) in [5.74, 6) is -0.0261. The van der Waals surface area contributed by atoms with Crippen molar-refractivity contribution in [3.63, 3.8) is 0 Å². The Balaban J connectivity index is 0.000000544. The molecule has 7 heteroatoms. The van der Waals surface area contributed by atoms with Crippen LogP contribution in [0.3, 0.4) is 0 Å². The summed E-state index contributed by atoms with van der Waals surface area (Å²) in [5.41, 5.74) is 8.61. The average molecular weight is 423 g/mol. The largest absolute Gasteiger partial charge is 0.398 e. The molecule has 2 N–H and O–H groups in total. The zero-order valence-corrected chi connectivity index (χ0v) is 17.0. The summed E-state index contributed by atoms with van der Waals surface area (Å²) in [6, 6.07) is 14.7. The highest BCUT2D eigenvalue weighted by Gasteiger charge is 2.28. The van der Waals surface area contributed by atoms with Gasteiger partial charge in [-0.25, -0.2) is 0 Å². The second-order valence-corrected chi connectivity index (χ2v) is 7.18. The molecule has 25 heavy (non-hydrogen) atoms.